The molecule has 0 saturated carbocycles. The molecule has 0 aromatic carbocycles. The van der Waals surface area contributed by atoms with Crippen molar-refractivity contribution in [2.45, 2.75) is 12.2 Å². The van der Waals surface area contributed by atoms with E-state index < -0.39 is 0 Å². The number of hydrogen-bond acceptors (Lipinski definition) is 3. The molecule has 1 aliphatic rings. The molecule has 17 heavy (non-hydrogen) atoms. The summed E-state index contributed by atoms with van der Waals surface area (Å²) in [5.74, 6) is 1.11. The maximum atomic E-state index is 13.4. The van der Waals surface area contributed by atoms with Crippen LogP contribution < -0.4 is 5.32 Å². The minimum Gasteiger partial charge on any atom is -0.356 e. The zero-order valence-corrected chi connectivity index (χ0v) is 11.5. The van der Waals surface area contributed by atoms with E-state index in [2.05, 4.69) is 26.2 Å². The van der Waals surface area contributed by atoms with E-state index in [-0.39, 0.29) is 17.6 Å². The third-order valence-corrected chi connectivity index (χ3v) is 4.15. The van der Waals surface area contributed by atoms with Crippen LogP contribution in [0, 0.1) is 11.7 Å². The van der Waals surface area contributed by atoms with Crippen molar-refractivity contribution in [3.63, 3.8) is 0 Å². The number of pyridine rings is 1. The first-order valence-electron chi connectivity index (χ1n) is 5.32. The standard InChI is InChI=1S/C11H12BrFN2OS/c12-8-3-9(13)10(15-4-8)6-17-5-7-1-2-14-11(7)16/h3-4,7H,1-2,5-6H2,(H,14,16). The zero-order chi connectivity index (χ0) is 12.3. The average molecular weight is 319 g/mol. The van der Waals surface area contributed by atoms with Crippen molar-refractivity contribution in [2.24, 2.45) is 5.92 Å². The number of hydrogen-bond donors (Lipinski definition) is 1. The van der Waals surface area contributed by atoms with Crippen molar-refractivity contribution in [2.75, 3.05) is 12.3 Å². The number of thioether (sulfide) groups is 1. The van der Waals surface area contributed by atoms with Crippen molar-refractivity contribution in [1.82, 2.24) is 10.3 Å². The molecule has 1 saturated heterocycles. The molecule has 1 aliphatic heterocycles. The fourth-order valence-corrected chi connectivity index (χ4v) is 3.08. The summed E-state index contributed by atoms with van der Waals surface area (Å²) >= 11 is 4.71. The van der Waals surface area contributed by atoms with Gasteiger partial charge in [-0.15, -0.1) is 0 Å². The van der Waals surface area contributed by atoms with Crippen LogP contribution >= 0.6 is 27.7 Å². The first-order chi connectivity index (χ1) is 8.16. The summed E-state index contributed by atoms with van der Waals surface area (Å²) in [5.41, 5.74) is 0.441. The highest BCUT2D eigenvalue weighted by molar-refractivity contribution is 9.10. The second-order valence-electron chi connectivity index (χ2n) is 3.87. The summed E-state index contributed by atoms with van der Waals surface area (Å²) < 4.78 is 14.1. The van der Waals surface area contributed by atoms with Crippen LogP contribution in [-0.2, 0) is 10.5 Å². The molecule has 1 aromatic rings. The molecule has 2 heterocycles. The Kier molecular flexibility index (Phi) is 4.39. The van der Waals surface area contributed by atoms with Crippen molar-refractivity contribution in [3.05, 3.63) is 28.2 Å². The van der Waals surface area contributed by atoms with Gasteiger partial charge < -0.3 is 5.32 Å². The van der Waals surface area contributed by atoms with Crippen molar-refractivity contribution >= 4 is 33.6 Å². The smallest absolute Gasteiger partial charge is 0.224 e. The van der Waals surface area contributed by atoms with Crippen LogP contribution in [0.1, 0.15) is 12.1 Å². The van der Waals surface area contributed by atoms with E-state index in [0.29, 0.717) is 15.9 Å². The summed E-state index contributed by atoms with van der Waals surface area (Å²) in [6.07, 6.45) is 2.46. The molecule has 1 atom stereocenters. The largest absolute Gasteiger partial charge is 0.356 e. The highest BCUT2D eigenvalue weighted by Crippen LogP contribution is 2.21. The normalized spacial score (nSPS) is 19.4. The van der Waals surface area contributed by atoms with Crippen LogP contribution in [0.5, 0.6) is 0 Å². The molecule has 1 unspecified atom stereocenters. The monoisotopic (exact) mass is 318 g/mol. The highest BCUT2D eigenvalue weighted by Gasteiger charge is 2.23. The molecule has 1 fully saturated rings. The van der Waals surface area contributed by atoms with Crippen LogP contribution in [0.3, 0.4) is 0 Å². The molecule has 2 rings (SSSR count). The minimum atomic E-state index is -0.303. The van der Waals surface area contributed by atoms with Crippen molar-refractivity contribution in [3.8, 4) is 0 Å². The van der Waals surface area contributed by atoms with E-state index in [0.717, 1.165) is 18.7 Å². The van der Waals surface area contributed by atoms with Gasteiger partial charge in [0.05, 0.1) is 5.69 Å². The molecule has 0 spiro atoms. The summed E-state index contributed by atoms with van der Waals surface area (Å²) in [6.45, 7) is 0.759. The second-order valence-corrected chi connectivity index (χ2v) is 5.82. The third kappa shape index (κ3) is 3.42. The van der Waals surface area contributed by atoms with E-state index >= 15 is 0 Å². The lowest BCUT2D eigenvalue weighted by atomic mass is 10.1. The van der Waals surface area contributed by atoms with Gasteiger partial charge in [0.25, 0.3) is 0 Å². The lowest BCUT2D eigenvalue weighted by Crippen LogP contribution is -2.20. The predicted molar refractivity (Wildman–Crippen MR) is 69.2 cm³/mol. The summed E-state index contributed by atoms with van der Waals surface area (Å²) in [7, 11) is 0. The van der Waals surface area contributed by atoms with Gasteiger partial charge in [-0.2, -0.15) is 11.8 Å². The number of nitrogens with one attached hydrogen (secondary N) is 1. The lowest BCUT2D eigenvalue weighted by molar-refractivity contribution is -0.121. The predicted octanol–water partition coefficient (Wildman–Crippen LogP) is 2.35. The number of carbonyl (C=O) groups excluding carboxylic acids is 1. The molecule has 0 aliphatic carbocycles. The zero-order valence-electron chi connectivity index (χ0n) is 9.08. The fraction of sp³-hybridized carbons (Fsp3) is 0.455. The molecule has 1 aromatic heterocycles. The van der Waals surface area contributed by atoms with Gasteiger partial charge >= 0.3 is 0 Å². The fourth-order valence-electron chi connectivity index (χ4n) is 1.65. The second kappa shape index (κ2) is 5.82. The lowest BCUT2D eigenvalue weighted by Gasteiger charge is -2.06. The van der Waals surface area contributed by atoms with E-state index in [1.807, 2.05) is 0 Å². The van der Waals surface area contributed by atoms with E-state index in [4.69, 9.17) is 0 Å². The van der Waals surface area contributed by atoms with Gasteiger partial charge in [-0.05, 0) is 28.4 Å². The molecule has 3 nitrogen and oxygen atoms in total. The van der Waals surface area contributed by atoms with Crippen LogP contribution in [0.4, 0.5) is 4.39 Å². The Morgan fingerprint density at radius 2 is 2.47 bits per heavy atom. The van der Waals surface area contributed by atoms with Gasteiger partial charge in [0.15, 0.2) is 0 Å². The van der Waals surface area contributed by atoms with Gasteiger partial charge in [-0.25, -0.2) is 4.39 Å². The highest BCUT2D eigenvalue weighted by atomic mass is 79.9. The van der Waals surface area contributed by atoms with Gasteiger partial charge in [-0.1, -0.05) is 0 Å². The first-order valence-corrected chi connectivity index (χ1v) is 7.27. The maximum absolute atomic E-state index is 13.4. The Balaban J connectivity index is 1.83. The molecule has 1 amide bonds. The van der Waals surface area contributed by atoms with Crippen LogP contribution in [0.25, 0.3) is 0 Å². The Hall–Kier alpha value is -0.620. The molecular formula is C11H12BrFN2OS. The van der Waals surface area contributed by atoms with E-state index in [9.17, 15) is 9.18 Å². The number of nitrogens with zero attached hydrogens (tertiary/aromatic N) is 1. The Labute approximate surface area is 112 Å². The summed E-state index contributed by atoms with van der Waals surface area (Å²) in [5, 5.41) is 2.79. The number of carbonyl (C=O) groups is 1. The quantitative estimate of drug-likeness (QED) is 0.926. The number of halogens is 2. The molecule has 92 valence electrons. The molecule has 6 heteroatoms. The van der Waals surface area contributed by atoms with Gasteiger partial charge in [-0.3, -0.25) is 9.78 Å². The van der Waals surface area contributed by atoms with Crippen LogP contribution in [-0.4, -0.2) is 23.2 Å². The molecule has 0 radical (unpaired) electrons. The number of amides is 1. The third-order valence-electron chi connectivity index (χ3n) is 2.60. The van der Waals surface area contributed by atoms with Crippen LogP contribution in [0.2, 0.25) is 0 Å². The summed E-state index contributed by atoms with van der Waals surface area (Å²) in [4.78, 5) is 15.3. The Morgan fingerprint density at radius 1 is 1.65 bits per heavy atom. The van der Waals surface area contributed by atoms with E-state index in [1.54, 1.807) is 18.0 Å². The average Bonchev–Trinajstić information content (AvgIpc) is 2.68. The van der Waals surface area contributed by atoms with E-state index in [1.165, 1.54) is 6.07 Å². The summed E-state index contributed by atoms with van der Waals surface area (Å²) in [6, 6.07) is 1.41. The first kappa shape index (κ1) is 12.8. The number of rotatable bonds is 4. The molecule has 1 N–H and O–H groups in total. The number of aromatic nitrogens is 1. The van der Waals surface area contributed by atoms with Crippen LogP contribution in [0.15, 0.2) is 16.7 Å². The topological polar surface area (TPSA) is 42.0 Å². The minimum absolute atomic E-state index is 0.0681. The molecule has 0 bridgehead atoms. The SMILES string of the molecule is O=C1NCCC1CSCc1ncc(Br)cc1F. The molecular weight excluding hydrogens is 307 g/mol. The Bertz CT molecular complexity index is 430. The van der Waals surface area contributed by atoms with Gasteiger partial charge in [0.1, 0.15) is 5.82 Å². The van der Waals surface area contributed by atoms with Gasteiger partial charge in [0, 0.05) is 34.6 Å². The Morgan fingerprint density at radius 3 is 3.12 bits per heavy atom. The van der Waals surface area contributed by atoms with Gasteiger partial charge in [0.2, 0.25) is 5.91 Å². The maximum Gasteiger partial charge on any atom is 0.224 e. The van der Waals surface area contributed by atoms with Crippen molar-refractivity contribution in [1.29, 1.82) is 0 Å². The van der Waals surface area contributed by atoms with Crippen molar-refractivity contribution < 1.29 is 9.18 Å².